The Labute approximate surface area is 266 Å². The van der Waals surface area contributed by atoms with Crippen LogP contribution in [0.15, 0.2) is 48.5 Å². The van der Waals surface area contributed by atoms with Crippen molar-refractivity contribution >= 4 is 17.7 Å². The fourth-order valence-electron chi connectivity index (χ4n) is 5.51. The average molecular weight is 641 g/mol. The normalized spacial score (nSPS) is 19.3. The van der Waals surface area contributed by atoms with Crippen LogP contribution in [-0.2, 0) is 26.2 Å². The Morgan fingerprint density at radius 2 is 1.91 bits per heavy atom. The van der Waals surface area contributed by atoms with Gasteiger partial charge in [-0.1, -0.05) is 41.9 Å². The Bertz CT molecular complexity index is 1580. The van der Waals surface area contributed by atoms with Crippen LogP contribution in [0.2, 0.25) is 5.02 Å². The molecule has 3 aromatic rings. The summed E-state index contributed by atoms with van der Waals surface area (Å²) in [6, 6.07) is 14.9. The van der Waals surface area contributed by atoms with E-state index in [0.29, 0.717) is 17.7 Å². The van der Waals surface area contributed by atoms with Gasteiger partial charge in [-0.15, -0.1) is 0 Å². The summed E-state index contributed by atoms with van der Waals surface area (Å²) in [5.41, 5.74) is -1.19. The van der Waals surface area contributed by atoms with E-state index in [2.05, 4.69) is 5.32 Å². The van der Waals surface area contributed by atoms with Gasteiger partial charge in [-0.05, 0) is 57.7 Å². The van der Waals surface area contributed by atoms with E-state index in [9.17, 15) is 10.1 Å². The molecule has 1 saturated heterocycles. The molecule has 0 saturated carbocycles. The number of carbonyl (C=O) groups excluding carboxylic acids is 1. The molecule has 1 amide bonds. The number of hydrogen-bond donors (Lipinski definition) is 1. The van der Waals surface area contributed by atoms with Gasteiger partial charge in [0.25, 0.3) is 0 Å². The van der Waals surface area contributed by atoms with Crippen LogP contribution < -0.4 is 14.8 Å². The third-order valence-corrected chi connectivity index (χ3v) is 7.90. The molecule has 3 aromatic carbocycles. The fourth-order valence-corrected chi connectivity index (χ4v) is 5.78. The summed E-state index contributed by atoms with van der Waals surface area (Å²) in [5.74, 6) is -1.77. The highest BCUT2D eigenvalue weighted by Gasteiger charge is 2.44. The van der Waals surface area contributed by atoms with Crippen LogP contribution in [-0.4, -0.2) is 44.3 Å². The summed E-state index contributed by atoms with van der Waals surface area (Å²) in [5, 5.41) is 12.4. The monoisotopic (exact) mass is 640 g/mol. The van der Waals surface area contributed by atoms with Crippen LogP contribution in [0.25, 0.3) is 11.1 Å². The van der Waals surface area contributed by atoms with Crippen LogP contribution in [0.3, 0.4) is 0 Å². The Morgan fingerprint density at radius 1 is 1.13 bits per heavy atom. The van der Waals surface area contributed by atoms with Crippen molar-refractivity contribution in [3.8, 4) is 28.7 Å². The summed E-state index contributed by atoms with van der Waals surface area (Å²) in [6.07, 6.45) is 1.85. The third kappa shape index (κ3) is 7.33. The molecule has 5 rings (SSSR count). The van der Waals surface area contributed by atoms with Crippen LogP contribution >= 0.6 is 11.6 Å². The van der Waals surface area contributed by atoms with Gasteiger partial charge in [0.05, 0.1) is 29.8 Å². The van der Waals surface area contributed by atoms with Gasteiger partial charge in [0.15, 0.2) is 23.5 Å². The number of fused-ring (bicyclic) bond motifs is 1. The molecule has 45 heavy (non-hydrogen) atoms. The highest BCUT2D eigenvalue weighted by Crippen LogP contribution is 2.50. The molecule has 238 valence electrons. The van der Waals surface area contributed by atoms with Gasteiger partial charge in [-0.25, -0.2) is 13.6 Å². The lowest BCUT2D eigenvalue weighted by Gasteiger charge is -2.30. The number of halogens is 3. The van der Waals surface area contributed by atoms with E-state index >= 15 is 8.78 Å². The molecule has 11 heteroatoms. The molecular formula is C34H35ClF2N2O6. The zero-order valence-electron chi connectivity index (χ0n) is 25.4. The molecule has 8 nitrogen and oxygen atoms in total. The first-order chi connectivity index (χ1) is 21.5. The van der Waals surface area contributed by atoms with E-state index in [1.807, 2.05) is 36.4 Å². The topological polar surface area (TPSA) is 99.0 Å². The summed E-state index contributed by atoms with van der Waals surface area (Å²) >= 11 is 6.55. The molecule has 0 aromatic heterocycles. The van der Waals surface area contributed by atoms with Gasteiger partial charge in [0, 0.05) is 35.8 Å². The van der Waals surface area contributed by atoms with Gasteiger partial charge >= 0.3 is 6.09 Å². The first-order valence-corrected chi connectivity index (χ1v) is 15.2. The molecule has 2 aliphatic rings. The minimum Gasteiger partial charge on any atom is -0.488 e. The van der Waals surface area contributed by atoms with Crippen LogP contribution in [0.4, 0.5) is 13.6 Å². The lowest BCUT2D eigenvalue weighted by molar-refractivity contribution is -0.165. The maximum atomic E-state index is 16.3. The number of carbonyl (C=O) groups is 1. The molecule has 2 atom stereocenters. The van der Waals surface area contributed by atoms with E-state index in [-0.39, 0.29) is 65.7 Å². The minimum atomic E-state index is -1.22. The molecule has 0 unspecified atom stereocenters. The predicted octanol–water partition coefficient (Wildman–Crippen LogP) is 7.43. The van der Waals surface area contributed by atoms with Gasteiger partial charge < -0.3 is 29.0 Å². The molecule has 0 spiro atoms. The van der Waals surface area contributed by atoms with E-state index < -0.39 is 28.9 Å². The SMILES string of the molecule is CC(C)(C)OC(=O)NC[C@@]1(c2ccccc2)Cc2c(cc(F)c(Cl)c2-c2c(C#N)ccc(OCCO[C@H]3CCCCO3)c2F)O1. The number of ether oxygens (including phenoxy) is 5. The number of benzene rings is 3. The second-order valence-electron chi connectivity index (χ2n) is 11.9. The molecular weight excluding hydrogens is 606 g/mol. The Hall–Kier alpha value is -3.91. The van der Waals surface area contributed by atoms with Crippen molar-refractivity contribution in [2.45, 2.75) is 63.9 Å². The van der Waals surface area contributed by atoms with Crippen molar-refractivity contribution in [3.05, 3.63) is 81.9 Å². The number of alkyl carbamates (subject to hydrolysis) is 1. The third-order valence-electron chi connectivity index (χ3n) is 7.53. The number of nitriles is 1. The van der Waals surface area contributed by atoms with Crippen molar-refractivity contribution in [2.75, 3.05) is 26.4 Å². The number of amides is 1. The smallest absolute Gasteiger partial charge is 0.407 e. The second kappa shape index (κ2) is 13.6. The van der Waals surface area contributed by atoms with Crippen LogP contribution in [0.1, 0.15) is 56.7 Å². The maximum absolute atomic E-state index is 16.3. The van der Waals surface area contributed by atoms with Crippen molar-refractivity contribution in [2.24, 2.45) is 0 Å². The summed E-state index contributed by atoms with van der Waals surface area (Å²) in [7, 11) is 0. The standard InChI is InChI=1S/C34H35ClF2N2O6/c1-33(2,3)45-32(40)39-20-34(22-9-5-4-6-10-22)18-23-26(44-34)17-24(36)30(35)29(23)28-21(19-38)12-13-25(31(28)37)41-15-16-43-27-11-7-8-14-42-27/h4-6,9-10,12-13,17,27H,7-8,11,14-16,18,20H2,1-3H3,(H,39,40)/t27-,34+/m0/s1. The van der Waals surface area contributed by atoms with Crippen molar-refractivity contribution in [1.29, 1.82) is 5.26 Å². The zero-order valence-corrected chi connectivity index (χ0v) is 26.1. The molecule has 2 heterocycles. The molecule has 0 radical (unpaired) electrons. The summed E-state index contributed by atoms with van der Waals surface area (Å²) in [6.45, 7) is 5.99. The number of hydrogen-bond acceptors (Lipinski definition) is 7. The first-order valence-electron chi connectivity index (χ1n) is 14.8. The van der Waals surface area contributed by atoms with Crippen molar-refractivity contribution in [3.63, 3.8) is 0 Å². The van der Waals surface area contributed by atoms with Gasteiger partial charge in [0.1, 0.15) is 23.8 Å². The molecule has 0 bridgehead atoms. The van der Waals surface area contributed by atoms with Gasteiger partial charge in [0.2, 0.25) is 0 Å². The first kappa shape index (κ1) is 32.5. The molecule has 1 fully saturated rings. The number of nitrogens with zero attached hydrogens (tertiary/aromatic N) is 1. The average Bonchev–Trinajstić information content (AvgIpc) is 3.39. The highest BCUT2D eigenvalue weighted by molar-refractivity contribution is 6.34. The highest BCUT2D eigenvalue weighted by atomic mass is 35.5. The molecule has 1 N–H and O–H groups in total. The number of nitrogens with one attached hydrogen (secondary N) is 1. The largest absolute Gasteiger partial charge is 0.488 e. The maximum Gasteiger partial charge on any atom is 0.407 e. The fraction of sp³-hybridized carbons (Fsp3) is 0.412. The Morgan fingerprint density at radius 3 is 2.60 bits per heavy atom. The summed E-state index contributed by atoms with van der Waals surface area (Å²) < 4.78 is 60.4. The quantitative estimate of drug-likeness (QED) is 0.243. The zero-order chi connectivity index (χ0) is 32.2. The van der Waals surface area contributed by atoms with Crippen LogP contribution in [0.5, 0.6) is 11.5 Å². The van der Waals surface area contributed by atoms with Gasteiger partial charge in [-0.2, -0.15) is 5.26 Å². The van der Waals surface area contributed by atoms with E-state index in [4.69, 9.17) is 35.3 Å². The lowest BCUT2D eigenvalue weighted by atomic mass is 9.85. The van der Waals surface area contributed by atoms with E-state index in [1.54, 1.807) is 20.8 Å². The number of rotatable bonds is 9. The van der Waals surface area contributed by atoms with E-state index in [1.165, 1.54) is 12.1 Å². The van der Waals surface area contributed by atoms with Gasteiger partial charge in [-0.3, -0.25) is 0 Å². The lowest BCUT2D eigenvalue weighted by Crippen LogP contribution is -2.45. The molecule has 0 aliphatic carbocycles. The Kier molecular flexibility index (Phi) is 9.82. The van der Waals surface area contributed by atoms with Crippen molar-refractivity contribution < 1.29 is 37.3 Å². The molecule has 2 aliphatic heterocycles. The van der Waals surface area contributed by atoms with Crippen molar-refractivity contribution in [1.82, 2.24) is 5.32 Å². The summed E-state index contributed by atoms with van der Waals surface area (Å²) in [4.78, 5) is 12.6. The van der Waals surface area contributed by atoms with E-state index in [0.717, 1.165) is 25.3 Å². The minimum absolute atomic E-state index is 0.0203. The predicted molar refractivity (Wildman–Crippen MR) is 163 cm³/mol. The Balaban J connectivity index is 1.49. The van der Waals surface area contributed by atoms with Crippen LogP contribution in [0, 0.1) is 23.0 Å². The second-order valence-corrected chi connectivity index (χ2v) is 12.3.